The zero-order chi connectivity index (χ0) is 12.5. The summed E-state index contributed by atoms with van der Waals surface area (Å²) in [5, 5.41) is 2.56. The third kappa shape index (κ3) is 3.22. The van der Waals surface area contributed by atoms with E-state index in [2.05, 4.69) is 21.2 Å². The Kier molecular flexibility index (Phi) is 5.13. The van der Waals surface area contributed by atoms with Crippen molar-refractivity contribution in [2.24, 2.45) is 5.73 Å². The summed E-state index contributed by atoms with van der Waals surface area (Å²) in [5.41, 5.74) is 5.33. The van der Waals surface area contributed by atoms with Crippen LogP contribution in [0.4, 0.5) is 10.1 Å². The number of carbonyl (C=O) groups is 1. The molecule has 1 amide bonds. The van der Waals surface area contributed by atoms with Crippen LogP contribution < -0.4 is 11.1 Å². The fraction of sp³-hybridized carbons (Fsp3) is 0.417. The van der Waals surface area contributed by atoms with Crippen molar-refractivity contribution in [1.29, 1.82) is 0 Å². The fourth-order valence-electron chi connectivity index (χ4n) is 2.07. The number of carbonyl (C=O) groups excluding carboxylic acids is 1. The Bertz CT molecular complexity index is 450. The number of anilines is 1. The van der Waals surface area contributed by atoms with E-state index in [0.717, 1.165) is 12.8 Å². The zero-order valence-corrected chi connectivity index (χ0v) is 12.1. The summed E-state index contributed by atoms with van der Waals surface area (Å²) in [5.74, 6) is -0.759. The van der Waals surface area contributed by atoms with E-state index in [1.54, 1.807) is 6.07 Å². The number of nitrogens with two attached hydrogens (primary N) is 1. The number of hydrogen-bond donors (Lipinski definition) is 2. The van der Waals surface area contributed by atoms with Crippen molar-refractivity contribution in [1.82, 2.24) is 0 Å². The predicted molar refractivity (Wildman–Crippen MR) is 75.4 cm³/mol. The van der Waals surface area contributed by atoms with Crippen LogP contribution in [0.5, 0.6) is 0 Å². The highest BCUT2D eigenvalue weighted by Crippen LogP contribution is 2.29. The van der Waals surface area contributed by atoms with Gasteiger partial charge in [-0.05, 0) is 31.0 Å². The summed E-state index contributed by atoms with van der Waals surface area (Å²) in [6, 6.07) is 4.51. The molecule has 0 spiro atoms. The van der Waals surface area contributed by atoms with Crippen LogP contribution >= 0.6 is 28.3 Å². The van der Waals surface area contributed by atoms with E-state index in [9.17, 15) is 9.18 Å². The smallest absolute Gasteiger partial charge is 0.244 e. The summed E-state index contributed by atoms with van der Waals surface area (Å²) in [4.78, 5) is 12.0. The molecule has 0 aliphatic heterocycles. The van der Waals surface area contributed by atoms with Gasteiger partial charge < -0.3 is 11.1 Å². The summed E-state index contributed by atoms with van der Waals surface area (Å²) in [6.07, 6.45) is 3.23. The lowest BCUT2D eigenvalue weighted by Gasteiger charge is -2.22. The van der Waals surface area contributed by atoms with Gasteiger partial charge in [0.2, 0.25) is 5.91 Å². The number of nitrogens with one attached hydrogen (secondary N) is 1. The molecule has 100 valence electrons. The first-order chi connectivity index (χ1) is 8.01. The van der Waals surface area contributed by atoms with Gasteiger partial charge in [0.25, 0.3) is 0 Å². The molecule has 0 saturated heterocycles. The largest absolute Gasteiger partial charge is 0.322 e. The van der Waals surface area contributed by atoms with E-state index in [4.69, 9.17) is 5.73 Å². The highest BCUT2D eigenvalue weighted by atomic mass is 79.9. The third-order valence-electron chi connectivity index (χ3n) is 3.13. The van der Waals surface area contributed by atoms with Gasteiger partial charge in [-0.25, -0.2) is 4.39 Å². The van der Waals surface area contributed by atoms with Gasteiger partial charge in [0.05, 0.1) is 11.2 Å². The minimum absolute atomic E-state index is 0. The normalized spacial score (nSPS) is 17.1. The quantitative estimate of drug-likeness (QED) is 0.870. The molecule has 1 aromatic rings. The van der Waals surface area contributed by atoms with Gasteiger partial charge in [0, 0.05) is 4.47 Å². The molecule has 0 atom stereocenters. The second kappa shape index (κ2) is 5.99. The van der Waals surface area contributed by atoms with Crippen LogP contribution in [-0.4, -0.2) is 11.4 Å². The molecule has 1 fully saturated rings. The second-order valence-corrected chi connectivity index (χ2v) is 5.36. The molecule has 2 rings (SSSR count). The van der Waals surface area contributed by atoms with Crippen LogP contribution in [0.15, 0.2) is 22.7 Å². The van der Waals surface area contributed by atoms with Crippen molar-refractivity contribution < 1.29 is 9.18 Å². The average molecular weight is 338 g/mol. The Morgan fingerprint density at radius 3 is 2.56 bits per heavy atom. The van der Waals surface area contributed by atoms with Gasteiger partial charge in [-0.1, -0.05) is 28.8 Å². The van der Waals surface area contributed by atoms with Gasteiger partial charge in [-0.3, -0.25) is 4.79 Å². The zero-order valence-electron chi connectivity index (χ0n) is 9.71. The Labute approximate surface area is 120 Å². The number of benzene rings is 1. The Morgan fingerprint density at radius 2 is 2.00 bits per heavy atom. The molecule has 1 aromatic carbocycles. The topological polar surface area (TPSA) is 55.1 Å². The monoisotopic (exact) mass is 336 g/mol. The van der Waals surface area contributed by atoms with Gasteiger partial charge in [-0.15, -0.1) is 12.4 Å². The van der Waals surface area contributed by atoms with Crippen LogP contribution in [0.1, 0.15) is 25.7 Å². The van der Waals surface area contributed by atoms with Gasteiger partial charge in [0.15, 0.2) is 0 Å². The van der Waals surface area contributed by atoms with Gasteiger partial charge >= 0.3 is 0 Å². The molecule has 1 aliphatic carbocycles. The standard InChI is InChI=1S/C12H14BrFN2O.ClH/c13-8-3-4-10(9(14)7-8)16-11(17)12(15)5-1-2-6-12;/h3-4,7H,1-2,5-6,15H2,(H,16,17);1H. The van der Waals surface area contributed by atoms with E-state index in [-0.39, 0.29) is 24.0 Å². The maximum atomic E-state index is 13.5. The molecule has 18 heavy (non-hydrogen) atoms. The molecular formula is C12H15BrClFN2O. The van der Waals surface area contributed by atoms with E-state index in [1.807, 2.05) is 0 Å². The molecule has 0 heterocycles. The summed E-state index contributed by atoms with van der Waals surface area (Å²) < 4.78 is 14.2. The van der Waals surface area contributed by atoms with Crippen molar-refractivity contribution in [3.8, 4) is 0 Å². The molecule has 6 heteroatoms. The number of hydrogen-bond acceptors (Lipinski definition) is 2. The highest BCUT2D eigenvalue weighted by molar-refractivity contribution is 9.10. The Morgan fingerprint density at radius 1 is 1.39 bits per heavy atom. The van der Waals surface area contributed by atoms with Gasteiger partial charge in [0.1, 0.15) is 5.82 Å². The minimum atomic E-state index is -0.834. The molecule has 3 N–H and O–H groups in total. The average Bonchev–Trinajstić information content (AvgIpc) is 2.71. The van der Waals surface area contributed by atoms with Crippen molar-refractivity contribution in [2.75, 3.05) is 5.32 Å². The van der Waals surface area contributed by atoms with Crippen LogP contribution in [0, 0.1) is 5.82 Å². The molecule has 1 saturated carbocycles. The number of amides is 1. The van der Waals surface area contributed by atoms with Crippen molar-refractivity contribution >= 4 is 39.9 Å². The van der Waals surface area contributed by atoms with E-state index < -0.39 is 11.4 Å². The van der Waals surface area contributed by atoms with Crippen molar-refractivity contribution in [3.63, 3.8) is 0 Å². The van der Waals surface area contributed by atoms with Crippen molar-refractivity contribution in [2.45, 2.75) is 31.2 Å². The van der Waals surface area contributed by atoms with E-state index >= 15 is 0 Å². The van der Waals surface area contributed by atoms with Crippen LogP contribution in [-0.2, 0) is 4.79 Å². The molecule has 0 bridgehead atoms. The minimum Gasteiger partial charge on any atom is -0.322 e. The van der Waals surface area contributed by atoms with E-state index in [0.29, 0.717) is 17.3 Å². The molecular weight excluding hydrogens is 323 g/mol. The second-order valence-electron chi connectivity index (χ2n) is 4.44. The lowest BCUT2D eigenvalue weighted by molar-refractivity contribution is -0.121. The summed E-state index contributed by atoms with van der Waals surface area (Å²) >= 11 is 3.16. The first-order valence-corrected chi connectivity index (χ1v) is 6.36. The Balaban J connectivity index is 0.00000162. The van der Waals surface area contributed by atoms with Crippen molar-refractivity contribution in [3.05, 3.63) is 28.5 Å². The Hall–Kier alpha value is -0.650. The van der Waals surface area contributed by atoms with Crippen LogP contribution in [0.3, 0.4) is 0 Å². The predicted octanol–water partition coefficient (Wildman–Crippen LogP) is 3.22. The summed E-state index contributed by atoms with van der Waals surface area (Å²) in [7, 11) is 0. The van der Waals surface area contributed by atoms with Crippen LogP contribution in [0.25, 0.3) is 0 Å². The lowest BCUT2D eigenvalue weighted by Crippen LogP contribution is -2.48. The number of halogens is 3. The first kappa shape index (κ1) is 15.4. The molecule has 3 nitrogen and oxygen atoms in total. The van der Waals surface area contributed by atoms with Gasteiger partial charge in [-0.2, -0.15) is 0 Å². The maximum Gasteiger partial charge on any atom is 0.244 e. The molecule has 0 aromatic heterocycles. The lowest BCUT2D eigenvalue weighted by atomic mass is 9.98. The fourth-order valence-corrected chi connectivity index (χ4v) is 2.40. The molecule has 0 radical (unpaired) electrons. The maximum absolute atomic E-state index is 13.5. The van der Waals surface area contributed by atoms with E-state index in [1.165, 1.54) is 12.1 Å². The third-order valence-corrected chi connectivity index (χ3v) is 3.62. The number of rotatable bonds is 2. The molecule has 0 unspecified atom stereocenters. The summed E-state index contributed by atoms with van der Waals surface area (Å²) in [6.45, 7) is 0. The first-order valence-electron chi connectivity index (χ1n) is 5.57. The van der Waals surface area contributed by atoms with Crippen LogP contribution in [0.2, 0.25) is 0 Å². The SMILES string of the molecule is Cl.NC1(C(=O)Nc2ccc(Br)cc2F)CCCC1. The molecule has 1 aliphatic rings. The highest BCUT2D eigenvalue weighted by Gasteiger charge is 2.37.